The molecule has 0 saturated heterocycles. The quantitative estimate of drug-likeness (QED) is 0.813. The van der Waals surface area contributed by atoms with E-state index in [1.165, 1.54) is 0 Å². The van der Waals surface area contributed by atoms with Gasteiger partial charge in [0.15, 0.2) is 0 Å². The maximum atomic E-state index is 11.1. The van der Waals surface area contributed by atoms with Crippen molar-refractivity contribution in [2.75, 3.05) is 6.26 Å². The van der Waals surface area contributed by atoms with Crippen LogP contribution < -0.4 is 0 Å². The first kappa shape index (κ1) is 16.9. The molecule has 0 saturated carbocycles. The van der Waals surface area contributed by atoms with Crippen LogP contribution in [0.1, 0.15) is 25.5 Å². The van der Waals surface area contributed by atoms with Gasteiger partial charge >= 0.3 is 0 Å². The van der Waals surface area contributed by atoms with Crippen LogP contribution in [-0.4, -0.2) is 25.8 Å². The van der Waals surface area contributed by atoms with Crippen molar-refractivity contribution in [1.29, 1.82) is 0 Å². The fourth-order valence-corrected chi connectivity index (χ4v) is 2.65. The normalized spacial score (nSPS) is 14.6. The third kappa shape index (κ3) is 4.16. The molecule has 0 bridgehead atoms. The summed E-state index contributed by atoms with van der Waals surface area (Å²) in [5.74, 6) is -0.0978. The van der Waals surface area contributed by atoms with Crippen molar-refractivity contribution in [1.82, 2.24) is 4.98 Å². The zero-order chi connectivity index (χ0) is 14.0. The minimum Gasteiger partial charge on any atom is -0.267 e. The second-order valence-electron chi connectivity index (χ2n) is 4.72. The molecule has 2 atom stereocenters. The number of aromatic nitrogens is 1. The number of halogens is 1. The monoisotopic (exact) mass is 315 g/mol. The van der Waals surface area contributed by atoms with Crippen LogP contribution in [0.2, 0.25) is 0 Å². The standard InChI is InChI=1S/C14H17NO3S.ClH/c1-10(11(2)18-19(3,16)17)13-9-8-12-6-4-5-7-14(12)15-13;/h4-11H,1-3H3;1H. The van der Waals surface area contributed by atoms with Gasteiger partial charge in [0.25, 0.3) is 10.1 Å². The molecular formula is C14H18ClNO3S. The van der Waals surface area contributed by atoms with Crippen LogP contribution in [0, 0.1) is 0 Å². The number of rotatable bonds is 4. The summed E-state index contributed by atoms with van der Waals surface area (Å²) in [5.41, 5.74) is 1.73. The zero-order valence-corrected chi connectivity index (χ0v) is 13.2. The predicted octanol–water partition coefficient (Wildman–Crippen LogP) is 3.12. The number of benzene rings is 1. The van der Waals surface area contributed by atoms with Gasteiger partial charge in [-0.2, -0.15) is 8.42 Å². The van der Waals surface area contributed by atoms with Gasteiger partial charge in [-0.1, -0.05) is 31.2 Å². The molecule has 0 aliphatic rings. The lowest BCUT2D eigenvalue weighted by Crippen LogP contribution is -2.21. The molecule has 2 unspecified atom stereocenters. The average Bonchev–Trinajstić information content (AvgIpc) is 2.35. The zero-order valence-electron chi connectivity index (χ0n) is 11.6. The van der Waals surface area contributed by atoms with E-state index in [0.717, 1.165) is 22.9 Å². The molecule has 20 heavy (non-hydrogen) atoms. The maximum absolute atomic E-state index is 11.1. The second-order valence-corrected chi connectivity index (χ2v) is 6.32. The molecular weight excluding hydrogens is 298 g/mol. The van der Waals surface area contributed by atoms with Crippen LogP contribution >= 0.6 is 12.4 Å². The van der Waals surface area contributed by atoms with E-state index >= 15 is 0 Å². The Hall–Kier alpha value is -1.17. The molecule has 1 aromatic heterocycles. The van der Waals surface area contributed by atoms with Crippen LogP contribution in [0.4, 0.5) is 0 Å². The largest absolute Gasteiger partial charge is 0.267 e. The third-order valence-corrected chi connectivity index (χ3v) is 3.77. The summed E-state index contributed by atoms with van der Waals surface area (Å²) in [6, 6.07) is 11.7. The molecule has 0 fully saturated rings. The highest BCUT2D eigenvalue weighted by atomic mass is 35.5. The highest BCUT2D eigenvalue weighted by molar-refractivity contribution is 7.86. The lowest BCUT2D eigenvalue weighted by atomic mass is 10.0. The summed E-state index contributed by atoms with van der Waals surface area (Å²) < 4.78 is 27.3. The van der Waals surface area contributed by atoms with Gasteiger partial charge in [0, 0.05) is 17.0 Å². The average molecular weight is 316 g/mol. The first-order valence-corrected chi connectivity index (χ1v) is 7.92. The molecule has 1 heterocycles. The molecule has 0 aliphatic carbocycles. The molecule has 0 aliphatic heterocycles. The van der Waals surface area contributed by atoms with Gasteiger partial charge in [-0.3, -0.25) is 9.17 Å². The lowest BCUT2D eigenvalue weighted by Gasteiger charge is -2.18. The van der Waals surface area contributed by atoms with Crippen molar-refractivity contribution >= 4 is 33.4 Å². The molecule has 2 aromatic rings. The Morgan fingerprint density at radius 2 is 1.75 bits per heavy atom. The number of para-hydroxylation sites is 1. The van der Waals surface area contributed by atoms with Gasteiger partial charge < -0.3 is 0 Å². The van der Waals surface area contributed by atoms with Crippen molar-refractivity contribution in [3.05, 3.63) is 42.1 Å². The first-order valence-electron chi connectivity index (χ1n) is 6.11. The fourth-order valence-electron chi connectivity index (χ4n) is 1.93. The van der Waals surface area contributed by atoms with E-state index < -0.39 is 16.2 Å². The van der Waals surface area contributed by atoms with Crippen LogP contribution in [0.15, 0.2) is 36.4 Å². The number of nitrogens with zero attached hydrogens (tertiary/aromatic N) is 1. The molecule has 0 amide bonds. The predicted molar refractivity (Wildman–Crippen MR) is 82.8 cm³/mol. The van der Waals surface area contributed by atoms with Crippen molar-refractivity contribution in [2.45, 2.75) is 25.9 Å². The first-order chi connectivity index (χ1) is 8.87. The maximum Gasteiger partial charge on any atom is 0.264 e. The van der Waals surface area contributed by atoms with E-state index in [-0.39, 0.29) is 18.3 Å². The summed E-state index contributed by atoms with van der Waals surface area (Å²) in [6.45, 7) is 3.65. The summed E-state index contributed by atoms with van der Waals surface area (Å²) in [6.07, 6.45) is 0.619. The SMILES string of the molecule is CC(OS(C)(=O)=O)C(C)c1ccc2ccccc2n1.Cl. The summed E-state index contributed by atoms with van der Waals surface area (Å²) in [5, 5.41) is 1.06. The van der Waals surface area contributed by atoms with E-state index in [0.29, 0.717) is 0 Å². The molecule has 6 heteroatoms. The highest BCUT2D eigenvalue weighted by Crippen LogP contribution is 2.23. The highest BCUT2D eigenvalue weighted by Gasteiger charge is 2.20. The van der Waals surface area contributed by atoms with Crippen LogP contribution in [0.3, 0.4) is 0 Å². The number of pyridine rings is 1. The summed E-state index contributed by atoms with van der Waals surface area (Å²) in [7, 11) is -3.45. The Labute approximate surface area is 125 Å². The number of hydrogen-bond acceptors (Lipinski definition) is 4. The van der Waals surface area contributed by atoms with Crippen molar-refractivity contribution in [3.8, 4) is 0 Å². The fraction of sp³-hybridized carbons (Fsp3) is 0.357. The summed E-state index contributed by atoms with van der Waals surface area (Å²) in [4.78, 5) is 4.55. The Morgan fingerprint density at radius 1 is 1.10 bits per heavy atom. The minimum atomic E-state index is -3.45. The molecule has 110 valence electrons. The smallest absolute Gasteiger partial charge is 0.264 e. The van der Waals surface area contributed by atoms with Crippen molar-refractivity contribution < 1.29 is 12.6 Å². The van der Waals surface area contributed by atoms with E-state index in [2.05, 4.69) is 4.98 Å². The second kappa shape index (κ2) is 6.52. The van der Waals surface area contributed by atoms with E-state index in [1.54, 1.807) is 6.92 Å². The Morgan fingerprint density at radius 3 is 2.40 bits per heavy atom. The summed E-state index contributed by atoms with van der Waals surface area (Å²) >= 11 is 0. The third-order valence-electron chi connectivity index (χ3n) is 3.12. The van der Waals surface area contributed by atoms with E-state index in [1.807, 2.05) is 43.3 Å². The molecule has 1 aromatic carbocycles. The molecule has 0 radical (unpaired) electrons. The van der Waals surface area contributed by atoms with Gasteiger partial charge in [-0.25, -0.2) is 0 Å². The van der Waals surface area contributed by atoms with Gasteiger partial charge in [0.05, 0.1) is 17.9 Å². The molecule has 0 spiro atoms. The van der Waals surface area contributed by atoms with E-state index in [9.17, 15) is 8.42 Å². The topological polar surface area (TPSA) is 56.3 Å². The van der Waals surface area contributed by atoms with E-state index in [4.69, 9.17) is 4.18 Å². The van der Waals surface area contributed by atoms with Crippen molar-refractivity contribution in [3.63, 3.8) is 0 Å². The molecule has 4 nitrogen and oxygen atoms in total. The lowest BCUT2D eigenvalue weighted by molar-refractivity contribution is 0.203. The van der Waals surface area contributed by atoms with Gasteiger partial charge in [-0.15, -0.1) is 12.4 Å². The Balaban J connectivity index is 0.00000200. The van der Waals surface area contributed by atoms with Crippen molar-refractivity contribution in [2.24, 2.45) is 0 Å². The minimum absolute atomic E-state index is 0. The Kier molecular flexibility index (Phi) is 5.50. The van der Waals surface area contributed by atoms with Crippen LogP contribution in [0.25, 0.3) is 10.9 Å². The molecule has 0 N–H and O–H groups in total. The van der Waals surface area contributed by atoms with Crippen LogP contribution in [-0.2, 0) is 14.3 Å². The van der Waals surface area contributed by atoms with Gasteiger partial charge in [0.1, 0.15) is 0 Å². The Bertz CT molecular complexity index is 688. The van der Waals surface area contributed by atoms with Gasteiger partial charge in [0.2, 0.25) is 0 Å². The van der Waals surface area contributed by atoms with Gasteiger partial charge in [-0.05, 0) is 19.1 Å². The van der Waals surface area contributed by atoms with Crippen LogP contribution in [0.5, 0.6) is 0 Å². The number of hydrogen-bond donors (Lipinski definition) is 0. The molecule has 2 rings (SSSR count). The number of fused-ring (bicyclic) bond motifs is 1.